The second-order valence-corrected chi connectivity index (χ2v) is 11.5. The molecular formula is C20H27O7PS. The first kappa shape index (κ1) is 23.4. The second kappa shape index (κ2) is 9.30. The van der Waals surface area contributed by atoms with Crippen LogP contribution in [0.15, 0.2) is 35.2 Å². The fourth-order valence-electron chi connectivity index (χ4n) is 2.91. The molecule has 0 fully saturated rings. The molecule has 29 heavy (non-hydrogen) atoms. The smallest absolute Gasteiger partial charge is 0.233 e. The standard InChI is InChI=1S/C20H27O7PS/c1-14-8-17(27-13-28(4,21)22)9-15(2)18(14)10-16-6-7-19(26-12-25-3)20(11-16)29(5,23)24/h6-9,11H,10,12-13H2,1-5H3,(H,21,22). The van der Waals surface area contributed by atoms with Gasteiger partial charge in [-0.3, -0.25) is 4.57 Å². The zero-order valence-corrected chi connectivity index (χ0v) is 19.0. The molecule has 160 valence electrons. The van der Waals surface area contributed by atoms with Crippen LogP contribution in [0.1, 0.15) is 22.3 Å². The number of hydrogen-bond donors (Lipinski definition) is 1. The van der Waals surface area contributed by atoms with E-state index in [9.17, 15) is 17.9 Å². The summed E-state index contributed by atoms with van der Waals surface area (Å²) < 4.78 is 51.4. The van der Waals surface area contributed by atoms with Crippen molar-refractivity contribution in [3.8, 4) is 11.5 Å². The highest BCUT2D eigenvalue weighted by molar-refractivity contribution is 7.90. The summed E-state index contributed by atoms with van der Waals surface area (Å²) in [4.78, 5) is 9.51. The lowest BCUT2D eigenvalue weighted by molar-refractivity contribution is 0.0490. The highest BCUT2D eigenvalue weighted by atomic mass is 32.2. The summed E-state index contributed by atoms with van der Waals surface area (Å²) in [6.45, 7) is 5.06. The van der Waals surface area contributed by atoms with E-state index < -0.39 is 17.2 Å². The summed E-state index contributed by atoms with van der Waals surface area (Å²) in [5.74, 6) is 0.781. The molecule has 2 aromatic rings. The largest absolute Gasteiger partial charge is 0.484 e. The molecule has 0 saturated carbocycles. The number of benzene rings is 2. The normalized spacial score (nSPS) is 13.7. The molecule has 7 nitrogen and oxygen atoms in total. The van der Waals surface area contributed by atoms with E-state index in [-0.39, 0.29) is 23.8 Å². The third-order valence-corrected chi connectivity index (χ3v) is 5.99. The highest BCUT2D eigenvalue weighted by Crippen LogP contribution is 2.36. The number of aryl methyl sites for hydroxylation is 2. The molecule has 1 N–H and O–H groups in total. The van der Waals surface area contributed by atoms with Gasteiger partial charge in [-0.1, -0.05) is 6.07 Å². The Hall–Kier alpha value is -1.86. The summed E-state index contributed by atoms with van der Waals surface area (Å²) in [5, 5.41) is 0. The predicted molar refractivity (Wildman–Crippen MR) is 112 cm³/mol. The molecule has 9 heteroatoms. The Morgan fingerprint density at radius 1 is 1.07 bits per heavy atom. The number of rotatable bonds is 9. The van der Waals surface area contributed by atoms with Crippen LogP contribution in [0.5, 0.6) is 11.5 Å². The maximum Gasteiger partial charge on any atom is 0.233 e. The van der Waals surface area contributed by atoms with Gasteiger partial charge in [0, 0.05) is 20.0 Å². The SMILES string of the molecule is COCOc1ccc(Cc2c(C)cc(OCP(C)(=O)O)cc2C)cc1S(C)(=O)=O. The van der Waals surface area contributed by atoms with E-state index in [0.717, 1.165) is 28.5 Å². The van der Waals surface area contributed by atoms with Gasteiger partial charge < -0.3 is 19.1 Å². The van der Waals surface area contributed by atoms with Gasteiger partial charge in [0.1, 0.15) is 16.4 Å². The van der Waals surface area contributed by atoms with E-state index >= 15 is 0 Å². The van der Waals surface area contributed by atoms with Crippen molar-refractivity contribution in [2.45, 2.75) is 25.2 Å². The maximum absolute atomic E-state index is 12.2. The van der Waals surface area contributed by atoms with Crippen molar-refractivity contribution < 1.29 is 32.1 Å². The quantitative estimate of drug-likeness (QED) is 0.469. The van der Waals surface area contributed by atoms with Crippen LogP contribution in [0.4, 0.5) is 0 Å². The van der Waals surface area contributed by atoms with Gasteiger partial charge in [-0.05, 0) is 66.8 Å². The summed E-state index contributed by atoms with van der Waals surface area (Å²) in [6, 6.07) is 8.69. The van der Waals surface area contributed by atoms with Gasteiger partial charge in [0.05, 0.1) is 0 Å². The molecule has 0 bridgehead atoms. The molecule has 2 rings (SSSR count). The zero-order chi connectivity index (χ0) is 21.8. The molecular weight excluding hydrogens is 415 g/mol. The molecule has 0 saturated heterocycles. The Morgan fingerprint density at radius 3 is 2.21 bits per heavy atom. The minimum atomic E-state index is -3.48. The maximum atomic E-state index is 12.2. The van der Waals surface area contributed by atoms with Crippen molar-refractivity contribution >= 4 is 17.2 Å². The Morgan fingerprint density at radius 2 is 1.69 bits per heavy atom. The van der Waals surface area contributed by atoms with E-state index in [2.05, 4.69) is 0 Å². The minimum Gasteiger partial charge on any atom is -0.484 e. The van der Waals surface area contributed by atoms with E-state index in [1.807, 2.05) is 32.0 Å². The van der Waals surface area contributed by atoms with Gasteiger partial charge in [-0.15, -0.1) is 0 Å². The van der Waals surface area contributed by atoms with E-state index in [0.29, 0.717) is 12.2 Å². The van der Waals surface area contributed by atoms with Gasteiger partial charge in [-0.2, -0.15) is 0 Å². The molecule has 0 aliphatic heterocycles. The molecule has 0 spiro atoms. The minimum absolute atomic E-state index is 0.0416. The molecule has 0 aliphatic carbocycles. The number of ether oxygens (including phenoxy) is 3. The highest BCUT2D eigenvalue weighted by Gasteiger charge is 2.17. The topological polar surface area (TPSA) is 99.1 Å². The first-order chi connectivity index (χ1) is 13.4. The first-order valence-electron chi connectivity index (χ1n) is 8.87. The van der Waals surface area contributed by atoms with Crippen LogP contribution < -0.4 is 9.47 Å². The number of sulfone groups is 1. The van der Waals surface area contributed by atoms with Crippen LogP contribution in [0.3, 0.4) is 0 Å². The van der Waals surface area contributed by atoms with Crippen LogP contribution >= 0.6 is 7.37 Å². The van der Waals surface area contributed by atoms with Crippen molar-refractivity contribution in [1.29, 1.82) is 0 Å². The second-order valence-electron chi connectivity index (χ2n) is 7.14. The predicted octanol–water partition coefficient (Wildman–Crippen LogP) is 3.52. The summed E-state index contributed by atoms with van der Waals surface area (Å²) >= 11 is 0. The van der Waals surface area contributed by atoms with Gasteiger partial charge in [0.2, 0.25) is 7.37 Å². The lowest BCUT2D eigenvalue weighted by Gasteiger charge is -2.16. The molecule has 0 amide bonds. The van der Waals surface area contributed by atoms with Gasteiger partial charge >= 0.3 is 0 Å². The van der Waals surface area contributed by atoms with Crippen LogP contribution in [0.25, 0.3) is 0 Å². The Bertz CT molecular complexity index is 1000. The average molecular weight is 442 g/mol. The molecule has 2 aromatic carbocycles. The number of hydrogen-bond acceptors (Lipinski definition) is 6. The van der Waals surface area contributed by atoms with E-state index in [1.54, 1.807) is 12.1 Å². The zero-order valence-electron chi connectivity index (χ0n) is 17.3. The summed E-state index contributed by atoms with van der Waals surface area (Å²) in [6.07, 6.45) is 1.42. The van der Waals surface area contributed by atoms with Crippen molar-refractivity contribution in [2.75, 3.05) is 33.2 Å². The van der Waals surface area contributed by atoms with Crippen LogP contribution in [0.2, 0.25) is 0 Å². The Kier molecular flexibility index (Phi) is 7.51. The molecule has 1 unspecified atom stereocenters. The van der Waals surface area contributed by atoms with E-state index in [4.69, 9.17) is 14.2 Å². The third-order valence-electron chi connectivity index (χ3n) is 4.26. The molecule has 0 aliphatic rings. The lowest BCUT2D eigenvalue weighted by Crippen LogP contribution is -2.07. The lowest BCUT2D eigenvalue weighted by atomic mass is 9.96. The van der Waals surface area contributed by atoms with Crippen molar-refractivity contribution in [1.82, 2.24) is 0 Å². The monoisotopic (exact) mass is 442 g/mol. The van der Waals surface area contributed by atoms with Gasteiger partial charge in [-0.25, -0.2) is 8.42 Å². The van der Waals surface area contributed by atoms with Crippen LogP contribution in [0, 0.1) is 13.8 Å². The number of methoxy groups -OCH3 is 1. The van der Waals surface area contributed by atoms with Gasteiger partial charge in [0.15, 0.2) is 23.0 Å². The molecule has 1 atom stereocenters. The Balaban J connectivity index is 2.32. The van der Waals surface area contributed by atoms with E-state index in [1.165, 1.54) is 13.8 Å². The van der Waals surface area contributed by atoms with Crippen LogP contribution in [-0.2, 0) is 25.6 Å². The molecule has 0 heterocycles. The van der Waals surface area contributed by atoms with Crippen molar-refractivity contribution in [3.05, 3.63) is 52.6 Å². The summed E-state index contributed by atoms with van der Waals surface area (Å²) in [5.41, 5.74) is 3.75. The fraction of sp³-hybridized carbons (Fsp3) is 0.400. The van der Waals surface area contributed by atoms with Crippen molar-refractivity contribution in [2.24, 2.45) is 0 Å². The van der Waals surface area contributed by atoms with Crippen LogP contribution in [-0.4, -0.2) is 46.5 Å². The fourth-order valence-corrected chi connectivity index (χ4v) is 4.15. The average Bonchev–Trinajstić information content (AvgIpc) is 2.60. The summed E-state index contributed by atoms with van der Waals surface area (Å²) in [7, 11) is -5.27. The third kappa shape index (κ3) is 6.85. The first-order valence-corrected chi connectivity index (χ1v) is 13.1. The Labute approximate surface area is 172 Å². The van der Waals surface area contributed by atoms with Gasteiger partial charge in [0.25, 0.3) is 0 Å². The molecule has 0 aromatic heterocycles. The molecule has 0 radical (unpaired) electrons. The van der Waals surface area contributed by atoms with Crippen molar-refractivity contribution in [3.63, 3.8) is 0 Å².